The molecule has 0 bridgehead atoms. The molecule has 0 saturated heterocycles. The predicted molar refractivity (Wildman–Crippen MR) is 84.0 cm³/mol. The van der Waals surface area contributed by atoms with Crippen molar-refractivity contribution in [2.24, 2.45) is 0 Å². The number of hydrogen-bond donors (Lipinski definition) is 1. The van der Waals surface area contributed by atoms with E-state index in [1.807, 2.05) is 19.1 Å². The lowest BCUT2D eigenvalue weighted by atomic mass is 9.94. The van der Waals surface area contributed by atoms with E-state index in [-0.39, 0.29) is 0 Å². The molecule has 0 radical (unpaired) electrons. The molecule has 2 heterocycles. The zero-order valence-electron chi connectivity index (χ0n) is 11.4. The van der Waals surface area contributed by atoms with Crippen molar-refractivity contribution >= 4 is 28.6 Å². The molecule has 20 heavy (non-hydrogen) atoms. The molecule has 1 unspecified atom stereocenters. The van der Waals surface area contributed by atoms with Crippen LogP contribution < -0.4 is 10.1 Å². The summed E-state index contributed by atoms with van der Waals surface area (Å²) in [7, 11) is 0. The van der Waals surface area contributed by atoms with Gasteiger partial charge < -0.3 is 10.1 Å². The lowest BCUT2D eigenvalue weighted by Crippen LogP contribution is -2.16. The summed E-state index contributed by atoms with van der Waals surface area (Å²) in [5.41, 5.74) is 2.28. The monoisotopic (exact) mass is 308 g/mol. The van der Waals surface area contributed by atoms with E-state index in [1.54, 1.807) is 17.5 Å². The number of rotatable bonds is 4. The number of fused-ring (bicyclic) bond motifs is 1. The summed E-state index contributed by atoms with van der Waals surface area (Å²) in [6, 6.07) is 6.33. The van der Waals surface area contributed by atoms with Gasteiger partial charge in [-0.2, -0.15) is 0 Å². The Kier molecular flexibility index (Phi) is 4.13. The van der Waals surface area contributed by atoms with E-state index in [1.165, 1.54) is 16.9 Å². The van der Waals surface area contributed by atoms with Crippen LogP contribution in [0.4, 0.5) is 5.69 Å². The Morgan fingerprint density at radius 1 is 1.55 bits per heavy atom. The number of nitrogens with zero attached hydrogens (tertiary/aromatic N) is 1. The molecule has 0 fully saturated rings. The van der Waals surface area contributed by atoms with Crippen LogP contribution in [0.15, 0.2) is 24.4 Å². The second kappa shape index (κ2) is 6.02. The van der Waals surface area contributed by atoms with Crippen LogP contribution in [0, 0.1) is 0 Å². The van der Waals surface area contributed by atoms with Crippen LogP contribution in [0.5, 0.6) is 5.88 Å². The second-order valence-corrected chi connectivity index (χ2v) is 6.58. The summed E-state index contributed by atoms with van der Waals surface area (Å²) in [5.74, 6) is 0.670. The third-order valence-corrected chi connectivity index (χ3v) is 4.81. The fraction of sp³-hybridized carbons (Fsp3) is 0.400. The molecule has 0 spiro atoms. The second-order valence-electron chi connectivity index (χ2n) is 4.81. The van der Waals surface area contributed by atoms with Gasteiger partial charge in [0.1, 0.15) is 0 Å². The summed E-state index contributed by atoms with van der Waals surface area (Å²) in [6.45, 7) is 2.59. The summed E-state index contributed by atoms with van der Waals surface area (Å²) >= 11 is 7.85. The van der Waals surface area contributed by atoms with Crippen LogP contribution in [0.3, 0.4) is 0 Å². The first-order valence-electron chi connectivity index (χ1n) is 6.90. The van der Waals surface area contributed by atoms with Crippen molar-refractivity contribution in [3.8, 4) is 5.88 Å². The molecule has 0 aliphatic heterocycles. The van der Waals surface area contributed by atoms with E-state index in [4.69, 9.17) is 16.3 Å². The van der Waals surface area contributed by atoms with E-state index >= 15 is 0 Å². The van der Waals surface area contributed by atoms with Crippen molar-refractivity contribution in [1.82, 2.24) is 4.98 Å². The highest BCUT2D eigenvalue weighted by atomic mass is 35.5. The van der Waals surface area contributed by atoms with Gasteiger partial charge in [-0.05, 0) is 49.9 Å². The summed E-state index contributed by atoms with van der Waals surface area (Å²) in [5, 5.41) is 3.56. The molecule has 5 heteroatoms. The maximum atomic E-state index is 6.15. The van der Waals surface area contributed by atoms with Gasteiger partial charge in [0.15, 0.2) is 0 Å². The summed E-state index contributed by atoms with van der Waals surface area (Å²) < 4.78 is 6.45. The number of pyridine rings is 1. The molecule has 0 saturated carbocycles. The van der Waals surface area contributed by atoms with Crippen molar-refractivity contribution in [3.05, 3.63) is 39.2 Å². The highest BCUT2D eigenvalue weighted by Gasteiger charge is 2.23. The first-order chi connectivity index (χ1) is 9.78. The number of thiophene rings is 1. The first-order valence-corrected chi connectivity index (χ1v) is 8.10. The standard InChI is InChI=1S/C15H17ClN2OS/c1-2-19-15-12(6-4-8-17-15)18-11-5-3-7-13-10(11)9-14(16)20-13/h4,6,8-9,11,18H,2-3,5,7H2,1H3. The van der Waals surface area contributed by atoms with Crippen LogP contribution in [0.2, 0.25) is 4.34 Å². The van der Waals surface area contributed by atoms with Gasteiger partial charge in [-0.3, -0.25) is 0 Å². The predicted octanol–water partition coefficient (Wildman–Crippen LogP) is 4.68. The van der Waals surface area contributed by atoms with Gasteiger partial charge >= 0.3 is 0 Å². The molecule has 0 aromatic carbocycles. The molecular formula is C15H17ClN2OS. The van der Waals surface area contributed by atoms with E-state index in [0.717, 1.165) is 22.9 Å². The van der Waals surface area contributed by atoms with Crippen LogP contribution in [0.25, 0.3) is 0 Å². The van der Waals surface area contributed by atoms with Crippen molar-refractivity contribution in [1.29, 1.82) is 0 Å². The van der Waals surface area contributed by atoms with Crippen LogP contribution in [0.1, 0.15) is 36.2 Å². The minimum atomic E-state index is 0.297. The number of nitrogens with one attached hydrogen (secondary N) is 1. The van der Waals surface area contributed by atoms with E-state index < -0.39 is 0 Å². The van der Waals surface area contributed by atoms with Crippen molar-refractivity contribution in [2.45, 2.75) is 32.2 Å². The maximum absolute atomic E-state index is 6.15. The molecular weight excluding hydrogens is 292 g/mol. The minimum Gasteiger partial charge on any atom is -0.476 e. The van der Waals surface area contributed by atoms with Crippen LogP contribution in [-0.4, -0.2) is 11.6 Å². The quantitative estimate of drug-likeness (QED) is 0.890. The molecule has 1 aliphatic rings. The lowest BCUT2D eigenvalue weighted by Gasteiger charge is -2.25. The number of halogens is 1. The molecule has 2 aromatic rings. The zero-order chi connectivity index (χ0) is 13.9. The minimum absolute atomic E-state index is 0.297. The topological polar surface area (TPSA) is 34.1 Å². The fourth-order valence-electron chi connectivity index (χ4n) is 2.61. The molecule has 0 amide bonds. The number of hydrogen-bond acceptors (Lipinski definition) is 4. The molecule has 1 atom stereocenters. The SMILES string of the molecule is CCOc1ncccc1NC1CCCc2sc(Cl)cc21. The van der Waals surface area contributed by atoms with Gasteiger partial charge in [0, 0.05) is 11.1 Å². The Labute approximate surface area is 127 Å². The van der Waals surface area contributed by atoms with Crippen molar-refractivity contribution < 1.29 is 4.74 Å². The normalized spacial score (nSPS) is 17.6. The Morgan fingerprint density at radius 3 is 3.30 bits per heavy atom. The Bertz CT molecular complexity index is 599. The number of aryl methyl sites for hydroxylation is 1. The van der Waals surface area contributed by atoms with Crippen LogP contribution >= 0.6 is 22.9 Å². The van der Waals surface area contributed by atoms with E-state index in [9.17, 15) is 0 Å². The Hall–Kier alpha value is -1.26. The van der Waals surface area contributed by atoms with E-state index in [2.05, 4.69) is 16.4 Å². The average Bonchev–Trinajstić information content (AvgIpc) is 2.83. The van der Waals surface area contributed by atoms with Crippen molar-refractivity contribution in [2.75, 3.05) is 11.9 Å². The van der Waals surface area contributed by atoms with E-state index in [0.29, 0.717) is 18.5 Å². The first kappa shape index (κ1) is 13.7. The maximum Gasteiger partial charge on any atom is 0.237 e. The number of ether oxygens (including phenoxy) is 1. The lowest BCUT2D eigenvalue weighted by molar-refractivity contribution is 0.328. The fourth-order valence-corrected chi connectivity index (χ4v) is 4.00. The molecule has 1 aliphatic carbocycles. The molecule has 1 N–H and O–H groups in total. The largest absolute Gasteiger partial charge is 0.476 e. The molecule has 106 valence electrons. The third-order valence-electron chi connectivity index (χ3n) is 3.47. The van der Waals surface area contributed by atoms with Gasteiger partial charge in [0.25, 0.3) is 0 Å². The van der Waals surface area contributed by atoms with Crippen LogP contribution in [-0.2, 0) is 6.42 Å². The smallest absolute Gasteiger partial charge is 0.237 e. The Morgan fingerprint density at radius 2 is 2.45 bits per heavy atom. The highest BCUT2D eigenvalue weighted by molar-refractivity contribution is 7.16. The molecule has 3 nitrogen and oxygen atoms in total. The summed E-state index contributed by atoms with van der Waals surface area (Å²) in [6.07, 6.45) is 5.19. The van der Waals surface area contributed by atoms with Gasteiger partial charge in [-0.15, -0.1) is 11.3 Å². The molecule has 2 aromatic heterocycles. The summed E-state index contributed by atoms with van der Waals surface area (Å²) in [4.78, 5) is 5.69. The molecule has 3 rings (SSSR count). The zero-order valence-corrected chi connectivity index (χ0v) is 12.9. The van der Waals surface area contributed by atoms with Gasteiger partial charge in [-0.1, -0.05) is 11.6 Å². The van der Waals surface area contributed by atoms with Gasteiger partial charge in [-0.25, -0.2) is 4.98 Å². The number of anilines is 1. The Balaban J connectivity index is 1.85. The highest BCUT2D eigenvalue weighted by Crippen LogP contribution is 2.40. The third kappa shape index (κ3) is 2.76. The average molecular weight is 309 g/mol. The van der Waals surface area contributed by atoms with Gasteiger partial charge in [0.2, 0.25) is 5.88 Å². The van der Waals surface area contributed by atoms with Crippen molar-refractivity contribution in [3.63, 3.8) is 0 Å². The van der Waals surface area contributed by atoms with Gasteiger partial charge in [0.05, 0.1) is 22.7 Å². The number of aromatic nitrogens is 1.